The van der Waals surface area contributed by atoms with Crippen molar-refractivity contribution in [3.8, 4) is 70.6 Å². The fourth-order valence-electron chi connectivity index (χ4n) is 15.6. The number of fused-ring (bicyclic) bond motifs is 10. The molecule has 16 heteroatoms. The van der Waals surface area contributed by atoms with E-state index in [1.807, 2.05) is 54.7 Å². The number of anilines is 2. The molecule has 8 aromatic rings. The zero-order chi connectivity index (χ0) is 55.1. The maximum Gasteiger partial charge on any atom is 0.320 e. The molecule has 16 rings (SSSR count). The predicted molar refractivity (Wildman–Crippen MR) is 321 cm³/mol. The Labute approximate surface area is 477 Å². The number of benzene rings is 4. The maximum atomic E-state index is 10.6. The summed E-state index contributed by atoms with van der Waals surface area (Å²) >= 11 is 0. The number of piperazine rings is 2. The van der Waals surface area contributed by atoms with Gasteiger partial charge in [-0.3, -0.25) is 14.8 Å². The van der Waals surface area contributed by atoms with E-state index in [9.17, 15) is 10.2 Å². The van der Waals surface area contributed by atoms with Gasteiger partial charge in [-0.1, -0.05) is 36.1 Å². The molecule has 4 aromatic carbocycles. The lowest BCUT2D eigenvalue weighted by atomic mass is 9.95. The molecule has 0 aliphatic carbocycles. The number of phenolic OH excluding ortho intramolecular Hbond substituents is 2. The normalized spacial score (nSPS) is 23.2. The van der Waals surface area contributed by atoms with Crippen LogP contribution in [0.25, 0.3) is 66.0 Å². The molecule has 0 spiro atoms. The Bertz CT molecular complexity index is 3640. The van der Waals surface area contributed by atoms with Gasteiger partial charge in [-0.15, -0.1) is 12.8 Å². The lowest BCUT2D eigenvalue weighted by molar-refractivity contribution is 0.108. The molecule has 4 bridgehead atoms. The summed E-state index contributed by atoms with van der Waals surface area (Å²) in [6, 6.07) is 27.3. The van der Waals surface area contributed by atoms with Crippen LogP contribution in [0.5, 0.6) is 23.5 Å². The van der Waals surface area contributed by atoms with Crippen molar-refractivity contribution in [1.82, 2.24) is 50.3 Å². The van der Waals surface area contributed by atoms with Crippen molar-refractivity contribution in [2.24, 2.45) is 0 Å². The SMILES string of the molecule is C#Cc1cccc2cc(O)cc(-c3ccc4c(N5CC6CCC(C5)N6)nc(OCC56CCCN5CCC6)nc4n3)c12.C#Cc1cccc2cc(O)cc(-c3cnc4c(N5CC6CCC(C5)N6)nc(OCC56CCCN5CCC6)nc4c3)c12. The Morgan fingerprint density at radius 1 is 0.573 bits per heavy atom. The van der Waals surface area contributed by atoms with Crippen molar-refractivity contribution in [3.05, 3.63) is 96.2 Å². The molecular formula is C66H68N12O4. The predicted octanol–water partition coefficient (Wildman–Crippen LogP) is 8.96. The average molecular weight is 1090 g/mol. The maximum absolute atomic E-state index is 10.6. The molecule has 82 heavy (non-hydrogen) atoms. The van der Waals surface area contributed by atoms with Gasteiger partial charge in [0.05, 0.1) is 27.7 Å². The summed E-state index contributed by atoms with van der Waals surface area (Å²) in [7, 11) is 0. The minimum atomic E-state index is 0.105. The number of pyridine rings is 2. The fraction of sp³-hybridized carbons (Fsp3) is 0.424. The third kappa shape index (κ3) is 9.11. The van der Waals surface area contributed by atoms with E-state index in [1.165, 1.54) is 77.0 Å². The Kier molecular flexibility index (Phi) is 12.8. The van der Waals surface area contributed by atoms with E-state index in [0.717, 1.165) is 130 Å². The van der Waals surface area contributed by atoms with Crippen molar-refractivity contribution < 1.29 is 19.7 Å². The van der Waals surface area contributed by atoms with Crippen LogP contribution in [0.3, 0.4) is 0 Å². The first-order valence-corrected chi connectivity index (χ1v) is 29.8. The van der Waals surface area contributed by atoms with Crippen molar-refractivity contribution in [3.63, 3.8) is 0 Å². The molecule has 8 saturated heterocycles. The van der Waals surface area contributed by atoms with Gasteiger partial charge in [0, 0.05) is 89.6 Å². The van der Waals surface area contributed by atoms with Crippen molar-refractivity contribution in [1.29, 1.82) is 0 Å². The summed E-state index contributed by atoms with van der Waals surface area (Å²) in [6.07, 6.45) is 27.9. The van der Waals surface area contributed by atoms with Crippen molar-refractivity contribution in [2.75, 3.05) is 75.4 Å². The second-order valence-corrected chi connectivity index (χ2v) is 24.4. The number of ether oxygens (including phenoxy) is 2. The summed E-state index contributed by atoms with van der Waals surface area (Å²) in [5, 5.41) is 33.1. The van der Waals surface area contributed by atoms with Crippen LogP contribution in [0.4, 0.5) is 11.6 Å². The van der Waals surface area contributed by atoms with Crippen LogP contribution in [0.1, 0.15) is 88.2 Å². The third-order valence-corrected chi connectivity index (χ3v) is 19.4. The number of rotatable bonds is 10. The molecule has 0 radical (unpaired) electrons. The second kappa shape index (κ2) is 20.5. The summed E-state index contributed by atoms with van der Waals surface area (Å²) in [4.78, 5) is 39.8. The highest BCUT2D eigenvalue weighted by Crippen LogP contribution is 2.43. The van der Waals surface area contributed by atoms with E-state index in [-0.39, 0.29) is 22.6 Å². The smallest absolute Gasteiger partial charge is 0.320 e. The third-order valence-electron chi connectivity index (χ3n) is 19.4. The standard InChI is InChI=1S/2C33H34N6O2/c1-2-21-6-3-7-22-16-25(40)17-27(29(21)22)28-11-10-26-30(35-28)36-32(41-20-33-12-4-14-39(33)15-5-13-33)37-31(26)38-18-23-8-9-24(19-38)34-23;1-2-21-6-3-7-22-14-26(40)16-27(29(21)22)23-15-28-30(34-17-23)31(38-18-24-8-9-25(19-38)35-24)37-32(36-28)41-20-33-10-4-12-39(33)13-5-11-33/h1,3,6-7,10-11,16-17,23-24,34,40H,4-5,8-9,12-15,18-20H2;1,3,6-7,14-17,24-25,35,40H,4-5,8-13,18-20H2. The first-order valence-electron chi connectivity index (χ1n) is 29.8. The van der Waals surface area contributed by atoms with Crippen LogP contribution in [0, 0.1) is 24.7 Å². The van der Waals surface area contributed by atoms with Crippen molar-refractivity contribution >= 4 is 55.2 Å². The summed E-state index contributed by atoms with van der Waals surface area (Å²) in [6.45, 7) is 9.43. The number of hydrogen-bond acceptors (Lipinski definition) is 16. The molecule has 8 fully saturated rings. The fourth-order valence-corrected chi connectivity index (χ4v) is 15.6. The van der Waals surface area contributed by atoms with Crippen LogP contribution in [0.2, 0.25) is 0 Å². The van der Waals surface area contributed by atoms with Gasteiger partial charge in [-0.25, -0.2) is 4.98 Å². The number of aromatic hydroxyl groups is 2. The lowest BCUT2D eigenvalue weighted by Crippen LogP contribution is -2.51. The Hall–Kier alpha value is -7.86. The van der Waals surface area contributed by atoms with E-state index < -0.39 is 0 Å². The van der Waals surface area contributed by atoms with Crippen molar-refractivity contribution in [2.45, 2.75) is 112 Å². The molecule has 8 aliphatic heterocycles. The minimum absolute atomic E-state index is 0.105. The van der Waals surface area contributed by atoms with E-state index in [2.05, 4.69) is 48.1 Å². The van der Waals surface area contributed by atoms with Crippen LogP contribution < -0.4 is 29.9 Å². The Morgan fingerprint density at radius 3 is 1.65 bits per heavy atom. The number of nitrogens with zero attached hydrogens (tertiary/aromatic N) is 10. The number of nitrogens with one attached hydrogen (secondary N) is 2. The molecule has 4 N–H and O–H groups in total. The van der Waals surface area contributed by atoms with Gasteiger partial charge in [-0.05, 0) is 174 Å². The summed E-state index contributed by atoms with van der Waals surface area (Å²) in [5.41, 5.74) is 7.01. The van der Waals surface area contributed by atoms with E-state index in [0.29, 0.717) is 60.7 Å². The zero-order valence-corrected chi connectivity index (χ0v) is 46.3. The van der Waals surface area contributed by atoms with Crippen LogP contribution in [-0.2, 0) is 0 Å². The molecule has 4 aromatic heterocycles. The van der Waals surface area contributed by atoms with Gasteiger partial charge >= 0.3 is 12.0 Å². The van der Waals surface area contributed by atoms with Gasteiger partial charge in [0.25, 0.3) is 0 Å². The molecule has 8 aliphatic rings. The van der Waals surface area contributed by atoms with E-state index in [1.54, 1.807) is 24.3 Å². The largest absolute Gasteiger partial charge is 0.508 e. The second-order valence-electron chi connectivity index (χ2n) is 24.4. The zero-order valence-electron chi connectivity index (χ0n) is 46.3. The molecule has 16 nitrogen and oxygen atoms in total. The Balaban J connectivity index is 0.000000140. The Morgan fingerprint density at radius 2 is 1.09 bits per heavy atom. The topological polar surface area (TPSA) is 173 Å². The average Bonchev–Trinajstić information content (AvgIpc) is 4.51. The first-order chi connectivity index (χ1) is 40.2. The molecule has 4 unspecified atom stereocenters. The number of phenols is 2. The number of aromatic nitrogens is 6. The highest BCUT2D eigenvalue weighted by Gasteiger charge is 2.46. The van der Waals surface area contributed by atoms with Crippen LogP contribution >= 0.6 is 0 Å². The van der Waals surface area contributed by atoms with E-state index >= 15 is 0 Å². The first kappa shape index (κ1) is 51.1. The van der Waals surface area contributed by atoms with Crippen LogP contribution in [-0.4, -0.2) is 151 Å². The van der Waals surface area contributed by atoms with Gasteiger partial charge in [0.1, 0.15) is 36.0 Å². The van der Waals surface area contributed by atoms with Gasteiger partial charge in [0.2, 0.25) is 0 Å². The highest BCUT2D eigenvalue weighted by atomic mass is 16.5. The monoisotopic (exact) mass is 1090 g/mol. The lowest BCUT2D eigenvalue weighted by Gasteiger charge is -2.34. The van der Waals surface area contributed by atoms with Gasteiger partial charge in [0.15, 0.2) is 11.5 Å². The van der Waals surface area contributed by atoms with E-state index in [4.69, 9.17) is 52.2 Å². The molecule has 0 amide bonds. The molecule has 4 atom stereocenters. The van der Waals surface area contributed by atoms with Crippen LogP contribution in [0.15, 0.2) is 85.1 Å². The molecule has 0 saturated carbocycles. The summed E-state index contributed by atoms with van der Waals surface area (Å²) < 4.78 is 12.9. The molecular weight excluding hydrogens is 1020 g/mol. The number of hydrogen-bond donors (Lipinski definition) is 4. The highest BCUT2D eigenvalue weighted by molar-refractivity contribution is 6.04. The minimum Gasteiger partial charge on any atom is -0.508 e. The summed E-state index contributed by atoms with van der Waals surface area (Å²) in [5.74, 6) is 7.69. The van der Waals surface area contributed by atoms with Gasteiger partial charge < -0.3 is 40.1 Å². The molecule has 416 valence electrons. The van der Waals surface area contributed by atoms with Gasteiger partial charge in [-0.2, -0.15) is 19.9 Å². The molecule has 12 heterocycles. The quantitative estimate of drug-likeness (QED) is 0.0956. The number of terminal acetylenes is 2.